The number of ether oxygens (including phenoxy) is 1. The van der Waals surface area contributed by atoms with E-state index in [9.17, 15) is 13.2 Å². The van der Waals surface area contributed by atoms with Gasteiger partial charge in [-0.2, -0.15) is 0 Å². The smallest absolute Gasteiger partial charge is 0.261 e. The molecule has 0 saturated carbocycles. The van der Waals surface area contributed by atoms with Gasteiger partial charge in [0.05, 0.1) is 4.90 Å². The maximum Gasteiger partial charge on any atom is 0.261 e. The third kappa shape index (κ3) is 6.29. The molecule has 7 heteroatoms. The molecule has 146 valence electrons. The number of carbonyl (C=O) groups is 1. The fourth-order valence-electron chi connectivity index (χ4n) is 2.24. The van der Waals surface area contributed by atoms with Crippen LogP contribution < -0.4 is 14.8 Å². The van der Waals surface area contributed by atoms with Gasteiger partial charge in [-0.25, -0.2) is 8.42 Å². The van der Waals surface area contributed by atoms with Gasteiger partial charge in [0.2, 0.25) is 0 Å². The summed E-state index contributed by atoms with van der Waals surface area (Å²) in [5, 5.41) is 2.80. The number of hydrogen-bond acceptors (Lipinski definition) is 4. The Morgan fingerprint density at radius 2 is 1.59 bits per heavy atom. The first-order valence-electron chi connectivity index (χ1n) is 8.81. The molecular formula is C20H26N2O4S. The molecule has 0 saturated heterocycles. The van der Waals surface area contributed by atoms with Crippen LogP contribution in [0.2, 0.25) is 0 Å². The first-order valence-corrected chi connectivity index (χ1v) is 10.3. The maximum absolute atomic E-state index is 12.5. The molecule has 0 unspecified atom stereocenters. The molecule has 1 atom stereocenters. The third-order valence-corrected chi connectivity index (χ3v) is 5.20. The molecule has 2 aromatic rings. The molecule has 0 spiro atoms. The van der Waals surface area contributed by atoms with Crippen molar-refractivity contribution in [3.63, 3.8) is 0 Å². The Hall–Kier alpha value is -2.54. The number of aryl methyl sites for hydroxylation is 1. The summed E-state index contributed by atoms with van der Waals surface area (Å²) >= 11 is 0. The Bertz CT molecular complexity index is 860. The van der Waals surface area contributed by atoms with Gasteiger partial charge < -0.3 is 10.1 Å². The number of sulfonamides is 1. The minimum absolute atomic E-state index is 0.118. The summed E-state index contributed by atoms with van der Waals surface area (Å²) in [4.78, 5) is 12.1. The molecule has 0 radical (unpaired) electrons. The van der Waals surface area contributed by atoms with E-state index in [4.69, 9.17) is 4.74 Å². The Kier molecular flexibility index (Phi) is 6.85. The highest BCUT2D eigenvalue weighted by Crippen LogP contribution is 2.20. The fourth-order valence-corrected chi connectivity index (χ4v) is 3.30. The van der Waals surface area contributed by atoms with E-state index >= 15 is 0 Å². The van der Waals surface area contributed by atoms with E-state index < -0.39 is 16.1 Å². The van der Waals surface area contributed by atoms with Crippen molar-refractivity contribution >= 4 is 21.6 Å². The normalized spacial score (nSPS) is 12.5. The van der Waals surface area contributed by atoms with Crippen molar-refractivity contribution in [1.82, 2.24) is 5.32 Å². The van der Waals surface area contributed by atoms with E-state index in [1.165, 1.54) is 24.3 Å². The van der Waals surface area contributed by atoms with Crippen LogP contribution >= 0.6 is 0 Å². The van der Waals surface area contributed by atoms with Crippen molar-refractivity contribution in [2.24, 2.45) is 5.92 Å². The second-order valence-corrected chi connectivity index (χ2v) is 8.52. The summed E-state index contributed by atoms with van der Waals surface area (Å²) in [6.45, 7) is 8.18. The highest BCUT2D eigenvalue weighted by Gasteiger charge is 2.17. The molecule has 0 bridgehead atoms. The van der Waals surface area contributed by atoms with E-state index in [0.29, 0.717) is 23.9 Å². The third-order valence-electron chi connectivity index (χ3n) is 3.80. The van der Waals surface area contributed by atoms with Crippen LogP contribution in [0.3, 0.4) is 0 Å². The van der Waals surface area contributed by atoms with Crippen molar-refractivity contribution in [2.45, 2.75) is 38.7 Å². The lowest BCUT2D eigenvalue weighted by atomic mass is 10.2. The summed E-state index contributed by atoms with van der Waals surface area (Å²) in [6.07, 6.45) is -0.670. The van der Waals surface area contributed by atoms with Crippen LogP contribution in [0, 0.1) is 12.8 Å². The topological polar surface area (TPSA) is 84.5 Å². The zero-order valence-electron chi connectivity index (χ0n) is 16.0. The maximum atomic E-state index is 12.5. The van der Waals surface area contributed by atoms with Gasteiger partial charge in [-0.3, -0.25) is 9.52 Å². The molecule has 1 amide bonds. The van der Waals surface area contributed by atoms with Gasteiger partial charge >= 0.3 is 0 Å². The summed E-state index contributed by atoms with van der Waals surface area (Å²) in [7, 11) is -3.69. The largest absolute Gasteiger partial charge is 0.481 e. The van der Waals surface area contributed by atoms with E-state index in [0.717, 1.165) is 5.56 Å². The standard InChI is InChI=1S/C20H26N2O4S/c1-14(2)13-21-20(23)16(4)26-18-9-11-19(12-10-18)27(24,25)22-17-7-5-15(3)6-8-17/h5-12,14,16,22H,13H2,1-4H3,(H,21,23)/t16-/m1/s1. The number of carbonyl (C=O) groups excluding carboxylic acids is 1. The van der Waals surface area contributed by atoms with Crippen molar-refractivity contribution in [3.05, 3.63) is 54.1 Å². The predicted octanol–water partition coefficient (Wildman–Crippen LogP) is 3.34. The van der Waals surface area contributed by atoms with Crippen LogP contribution in [0.15, 0.2) is 53.4 Å². The molecule has 0 aromatic heterocycles. The van der Waals surface area contributed by atoms with Crippen LogP contribution in [0.5, 0.6) is 5.75 Å². The first-order chi connectivity index (χ1) is 12.7. The summed E-state index contributed by atoms with van der Waals surface area (Å²) in [5.41, 5.74) is 1.54. The van der Waals surface area contributed by atoms with Crippen LogP contribution in [0.1, 0.15) is 26.3 Å². The van der Waals surface area contributed by atoms with Gasteiger partial charge in [0.1, 0.15) is 5.75 Å². The SMILES string of the molecule is Cc1ccc(NS(=O)(=O)c2ccc(O[C@H](C)C(=O)NCC(C)C)cc2)cc1. The molecule has 0 aliphatic rings. The van der Waals surface area contributed by atoms with Gasteiger partial charge in [-0.05, 0) is 56.2 Å². The minimum Gasteiger partial charge on any atom is -0.481 e. The average molecular weight is 391 g/mol. The van der Waals surface area contributed by atoms with Gasteiger partial charge in [0.25, 0.3) is 15.9 Å². The molecule has 2 rings (SSSR count). The molecule has 2 N–H and O–H groups in total. The number of rotatable bonds is 8. The average Bonchev–Trinajstić information content (AvgIpc) is 2.61. The number of anilines is 1. The van der Waals surface area contributed by atoms with E-state index in [1.807, 2.05) is 32.9 Å². The van der Waals surface area contributed by atoms with Gasteiger partial charge in [-0.1, -0.05) is 31.5 Å². The number of benzene rings is 2. The second-order valence-electron chi connectivity index (χ2n) is 6.84. The zero-order valence-corrected chi connectivity index (χ0v) is 16.8. The Balaban J connectivity index is 2.01. The van der Waals surface area contributed by atoms with Crippen LogP contribution in [-0.2, 0) is 14.8 Å². The number of amides is 1. The van der Waals surface area contributed by atoms with Crippen molar-refractivity contribution in [2.75, 3.05) is 11.3 Å². The predicted molar refractivity (Wildman–Crippen MR) is 106 cm³/mol. The summed E-state index contributed by atoms with van der Waals surface area (Å²) in [6, 6.07) is 13.1. The number of hydrogen-bond donors (Lipinski definition) is 2. The minimum atomic E-state index is -3.69. The highest BCUT2D eigenvalue weighted by molar-refractivity contribution is 7.92. The van der Waals surface area contributed by atoms with Crippen molar-refractivity contribution < 1.29 is 17.9 Å². The summed E-state index contributed by atoms with van der Waals surface area (Å²) < 4.78 is 33.0. The van der Waals surface area contributed by atoms with E-state index in [-0.39, 0.29) is 10.8 Å². The Labute approximate surface area is 161 Å². The molecule has 6 nitrogen and oxygen atoms in total. The lowest BCUT2D eigenvalue weighted by molar-refractivity contribution is -0.127. The molecule has 0 heterocycles. The van der Waals surface area contributed by atoms with Gasteiger partial charge in [0.15, 0.2) is 6.10 Å². The van der Waals surface area contributed by atoms with Crippen LogP contribution in [0.4, 0.5) is 5.69 Å². The summed E-state index contributed by atoms with van der Waals surface area (Å²) in [5.74, 6) is 0.574. The second kappa shape index (κ2) is 8.90. The van der Waals surface area contributed by atoms with Gasteiger partial charge in [0, 0.05) is 12.2 Å². The van der Waals surface area contributed by atoms with Crippen molar-refractivity contribution in [1.29, 1.82) is 0 Å². The molecule has 2 aromatic carbocycles. The lowest BCUT2D eigenvalue weighted by Crippen LogP contribution is -2.38. The lowest BCUT2D eigenvalue weighted by Gasteiger charge is -2.16. The van der Waals surface area contributed by atoms with Crippen LogP contribution in [0.25, 0.3) is 0 Å². The molecule has 0 fully saturated rings. The van der Waals surface area contributed by atoms with E-state index in [1.54, 1.807) is 19.1 Å². The fraction of sp³-hybridized carbons (Fsp3) is 0.350. The zero-order chi connectivity index (χ0) is 20.0. The highest BCUT2D eigenvalue weighted by atomic mass is 32.2. The van der Waals surface area contributed by atoms with Gasteiger partial charge in [-0.15, -0.1) is 0 Å². The molecule has 27 heavy (non-hydrogen) atoms. The Morgan fingerprint density at radius 3 is 2.15 bits per heavy atom. The molecule has 0 aliphatic heterocycles. The first kappa shape index (κ1) is 20.8. The van der Waals surface area contributed by atoms with Crippen molar-refractivity contribution in [3.8, 4) is 5.75 Å². The van der Waals surface area contributed by atoms with Crippen LogP contribution in [-0.4, -0.2) is 27.0 Å². The van der Waals surface area contributed by atoms with E-state index in [2.05, 4.69) is 10.0 Å². The Morgan fingerprint density at radius 1 is 1.00 bits per heavy atom. The molecule has 0 aliphatic carbocycles. The molecular weight excluding hydrogens is 364 g/mol. The monoisotopic (exact) mass is 390 g/mol. The number of nitrogens with one attached hydrogen (secondary N) is 2. The quantitative estimate of drug-likeness (QED) is 0.724.